The van der Waals surface area contributed by atoms with Crippen molar-refractivity contribution in [3.05, 3.63) is 0 Å². The second-order valence-corrected chi connectivity index (χ2v) is 4.37. The molecule has 0 bridgehead atoms. The molecular weight excluding hydrogens is 194 g/mol. The molecule has 0 rings (SSSR count). The summed E-state index contributed by atoms with van der Waals surface area (Å²) in [5.74, 6) is -0.142. The lowest BCUT2D eigenvalue weighted by atomic mass is 9.92. The summed E-state index contributed by atoms with van der Waals surface area (Å²) in [6.07, 6.45) is 0. The summed E-state index contributed by atoms with van der Waals surface area (Å²) in [5, 5.41) is 12.9. The number of carbonyl (C=O) groups is 1. The Labute approximate surface area is 92.0 Å². The highest BCUT2D eigenvalue weighted by atomic mass is 16.5. The molecule has 0 saturated carbocycles. The number of nitrogens with one attached hydrogen (secondary N) is 1. The lowest BCUT2D eigenvalue weighted by Crippen LogP contribution is -2.47. The molecule has 0 aromatic heterocycles. The van der Waals surface area contributed by atoms with Gasteiger partial charge in [0.05, 0.1) is 12.2 Å². The molecule has 0 aliphatic heterocycles. The average molecular weight is 217 g/mol. The zero-order valence-electron chi connectivity index (χ0n) is 10.3. The second kappa shape index (κ2) is 6.08. The quantitative estimate of drug-likeness (QED) is 0.650. The minimum atomic E-state index is -0.805. The van der Waals surface area contributed by atoms with Crippen LogP contribution in [-0.2, 0) is 9.53 Å². The zero-order valence-corrected chi connectivity index (χ0v) is 10.3. The summed E-state index contributed by atoms with van der Waals surface area (Å²) in [5.41, 5.74) is -0.805. The fourth-order valence-electron chi connectivity index (χ4n) is 0.914. The van der Waals surface area contributed by atoms with Gasteiger partial charge in [-0.3, -0.25) is 4.79 Å². The van der Waals surface area contributed by atoms with E-state index in [1.165, 1.54) is 0 Å². The van der Waals surface area contributed by atoms with E-state index in [-0.39, 0.29) is 17.9 Å². The van der Waals surface area contributed by atoms with Crippen LogP contribution in [-0.4, -0.2) is 35.9 Å². The molecule has 0 aromatic rings. The van der Waals surface area contributed by atoms with Crippen LogP contribution in [0.25, 0.3) is 0 Å². The highest BCUT2D eigenvalue weighted by Crippen LogP contribution is 2.14. The molecule has 15 heavy (non-hydrogen) atoms. The summed E-state index contributed by atoms with van der Waals surface area (Å²) in [4.78, 5) is 11.3. The maximum absolute atomic E-state index is 11.3. The van der Waals surface area contributed by atoms with E-state index in [0.29, 0.717) is 13.2 Å². The van der Waals surface area contributed by atoms with Crippen molar-refractivity contribution in [2.45, 2.75) is 46.3 Å². The van der Waals surface area contributed by atoms with Gasteiger partial charge in [0.2, 0.25) is 0 Å². The van der Waals surface area contributed by atoms with Crippen LogP contribution in [0.1, 0.15) is 34.6 Å². The molecule has 0 amide bonds. The van der Waals surface area contributed by atoms with Gasteiger partial charge < -0.3 is 15.2 Å². The van der Waals surface area contributed by atoms with Gasteiger partial charge in [-0.2, -0.15) is 0 Å². The largest absolute Gasteiger partial charge is 0.465 e. The molecule has 2 N–H and O–H groups in total. The topological polar surface area (TPSA) is 58.6 Å². The van der Waals surface area contributed by atoms with E-state index in [1.54, 1.807) is 20.8 Å². The van der Waals surface area contributed by atoms with Crippen molar-refractivity contribution in [1.29, 1.82) is 0 Å². The number of esters is 1. The average Bonchev–Trinajstić information content (AvgIpc) is 2.14. The minimum absolute atomic E-state index is 0.138. The van der Waals surface area contributed by atoms with Gasteiger partial charge in [0.15, 0.2) is 0 Å². The Hall–Kier alpha value is -0.610. The molecule has 0 fully saturated rings. The third-order valence-corrected chi connectivity index (χ3v) is 2.65. The molecular formula is C11H23NO3. The van der Waals surface area contributed by atoms with Gasteiger partial charge in [-0.1, -0.05) is 13.8 Å². The molecule has 0 saturated heterocycles. The Bertz CT molecular complexity index is 202. The first-order valence-electron chi connectivity index (χ1n) is 5.43. The van der Waals surface area contributed by atoms with Crippen LogP contribution in [0.5, 0.6) is 0 Å². The van der Waals surface area contributed by atoms with E-state index >= 15 is 0 Å². The molecule has 0 aliphatic carbocycles. The minimum Gasteiger partial charge on any atom is -0.465 e. The van der Waals surface area contributed by atoms with Gasteiger partial charge in [-0.15, -0.1) is 0 Å². The van der Waals surface area contributed by atoms with Crippen LogP contribution < -0.4 is 5.32 Å². The van der Waals surface area contributed by atoms with E-state index < -0.39 is 5.60 Å². The van der Waals surface area contributed by atoms with E-state index in [4.69, 9.17) is 4.74 Å². The first kappa shape index (κ1) is 14.4. The van der Waals surface area contributed by atoms with Crippen molar-refractivity contribution in [2.75, 3.05) is 13.2 Å². The van der Waals surface area contributed by atoms with Crippen LogP contribution in [0, 0.1) is 5.92 Å². The van der Waals surface area contributed by atoms with Gasteiger partial charge >= 0.3 is 5.97 Å². The summed E-state index contributed by atoms with van der Waals surface area (Å²) in [6.45, 7) is 9.90. The van der Waals surface area contributed by atoms with Crippen molar-refractivity contribution < 1.29 is 14.6 Å². The summed E-state index contributed by atoms with van der Waals surface area (Å²) >= 11 is 0. The second-order valence-electron chi connectivity index (χ2n) is 4.37. The SMILES string of the molecule is CCOC(=O)C(C)NCC(C)(O)C(C)C. The fraction of sp³-hybridized carbons (Fsp3) is 0.909. The van der Waals surface area contributed by atoms with E-state index in [0.717, 1.165) is 0 Å². The number of rotatable bonds is 6. The zero-order chi connectivity index (χ0) is 12.1. The fourth-order valence-corrected chi connectivity index (χ4v) is 0.914. The highest BCUT2D eigenvalue weighted by Gasteiger charge is 2.26. The maximum Gasteiger partial charge on any atom is 0.322 e. The van der Waals surface area contributed by atoms with E-state index in [2.05, 4.69) is 5.32 Å². The third kappa shape index (κ3) is 5.14. The van der Waals surface area contributed by atoms with Crippen LogP contribution in [0.3, 0.4) is 0 Å². The number of hydrogen-bond donors (Lipinski definition) is 2. The first-order chi connectivity index (χ1) is 6.81. The molecule has 0 aliphatic rings. The molecule has 0 heterocycles. The maximum atomic E-state index is 11.3. The molecule has 2 unspecified atom stereocenters. The van der Waals surface area contributed by atoms with Gasteiger partial charge in [-0.25, -0.2) is 0 Å². The molecule has 0 aromatic carbocycles. The lowest BCUT2D eigenvalue weighted by molar-refractivity contribution is -0.145. The monoisotopic (exact) mass is 217 g/mol. The molecule has 2 atom stereocenters. The normalized spacial score (nSPS) is 17.3. The predicted molar refractivity (Wildman–Crippen MR) is 59.6 cm³/mol. The highest BCUT2D eigenvalue weighted by molar-refractivity contribution is 5.75. The summed E-state index contributed by atoms with van der Waals surface area (Å²) in [6, 6.07) is -0.379. The van der Waals surface area contributed by atoms with Crippen molar-refractivity contribution >= 4 is 5.97 Å². The summed E-state index contributed by atoms with van der Waals surface area (Å²) < 4.78 is 4.85. The van der Waals surface area contributed by atoms with Crippen LogP contribution >= 0.6 is 0 Å². The van der Waals surface area contributed by atoms with E-state index in [9.17, 15) is 9.90 Å². The Morgan fingerprint density at radius 1 is 1.47 bits per heavy atom. The van der Waals surface area contributed by atoms with Gasteiger partial charge in [-0.05, 0) is 26.7 Å². The van der Waals surface area contributed by atoms with Crippen LogP contribution in [0.15, 0.2) is 0 Å². The molecule has 4 nitrogen and oxygen atoms in total. The van der Waals surface area contributed by atoms with Gasteiger partial charge in [0.25, 0.3) is 0 Å². The van der Waals surface area contributed by atoms with Crippen molar-refractivity contribution in [2.24, 2.45) is 5.92 Å². The number of aliphatic hydroxyl groups is 1. The van der Waals surface area contributed by atoms with Gasteiger partial charge in [0.1, 0.15) is 6.04 Å². The number of hydrogen-bond acceptors (Lipinski definition) is 4. The van der Waals surface area contributed by atoms with Crippen molar-refractivity contribution in [3.63, 3.8) is 0 Å². The third-order valence-electron chi connectivity index (χ3n) is 2.65. The Morgan fingerprint density at radius 2 is 2.00 bits per heavy atom. The van der Waals surface area contributed by atoms with Crippen LogP contribution in [0.2, 0.25) is 0 Å². The Kier molecular flexibility index (Phi) is 5.83. The molecule has 4 heteroatoms. The molecule has 90 valence electrons. The predicted octanol–water partition coefficient (Wildman–Crippen LogP) is 0.935. The molecule has 0 spiro atoms. The standard InChI is InChI=1S/C11H23NO3/c1-6-15-10(13)9(4)12-7-11(5,14)8(2)3/h8-9,12,14H,6-7H2,1-5H3. The smallest absolute Gasteiger partial charge is 0.322 e. The number of carbonyl (C=O) groups excluding carboxylic acids is 1. The molecule has 0 radical (unpaired) electrons. The number of ether oxygens (including phenoxy) is 1. The summed E-state index contributed by atoms with van der Waals surface area (Å²) in [7, 11) is 0. The van der Waals surface area contributed by atoms with Crippen molar-refractivity contribution in [1.82, 2.24) is 5.32 Å². The van der Waals surface area contributed by atoms with Gasteiger partial charge in [0, 0.05) is 6.54 Å². The lowest BCUT2D eigenvalue weighted by Gasteiger charge is -2.29. The Morgan fingerprint density at radius 3 is 2.40 bits per heavy atom. The van der Waals surface area contributed by atoms with E-state index in [1.807, 2.05) is 13.8 Å². The first-order valence-corrected chi connectivity index (χ1v) is 5.43. The van der Waals surface area contributed by atoms with Crippen LogP contribution in [0.4, 0.5) is 0 Å². The Balaban J connectivity index is 3.99. The van der Waals surface area contributed by atoms with Crippen molar-refractivity contribution in [3.8, 4) is 0 Å².